The molecule has 0 amide bonds. The van der Waals surface area contributed by atoms with Crippen LogP contribution in [0.3, 0.4) is 0 Å². The molecule has 0 saturated carbocycles. The number of rotatable bonds is 6. The molecule has 0 radical (unpaired) electrons. The third kappa shape index (κ3) is 4.41. The summed E-state index contributed by atoms with van der Waals surface area (Å²) in [5.41, 5.74) is 0.499. The molecule has 2 rings (SSSR count). The highest BCUT2D eigenvalue weighted by Crippen LogP contribution is 2.14. The van der Waals surface area contributed by atoms with Gasteiger partial charge in [0.25, 0.3) is 0 Å². The number of methoxy groups -OCH3 is 1. The molecule has 21 heavy (non-hydrogen) atoms. The topological polar surface area (TPSA) is 54.9 Å². The lowest BCUT2D eigenvalue weighted by atomic mass is 10.2. The number of anilines is 1. The van der Waals surface area contributed by atoms with Crippen molar-refractivity contribution < 1.29 is 14.3 Å². The Morgan fingerprint density at radius 3 is 2.62 bits per heavy atom. The SMILES string of the molecule is CCOC(=O)c1ccc(N2CCN(CCOC)CC2)nc1. The molecule has 0 atom stereocenters. The second-order valence-corrected chi connectivity index (χ2v) is 4.95. The van der Waals surface area contributed by atoms with Crippen molar-refractivity contribution in [2.75, 3.05) is 57.9 Å². The zero-order valence-electron chi connectivity index (χ0n) is 12.7. The molecule has 1 aromatic heterocycles. The number of carbonyl (C=O) groups is 1. The highest BCUT2D eigenvalue weighted by molar-refractivity contribution is 5.89. The molecule has 0 aromatic carbocycles. The van der Waals surface area contributed by atoms with E-state index in [1.165, 1.54) is 0 Å². The maximum Gasteiger partial charge on any atom is 0.339 e. The Hall–Kier alpha value is -1.66. The Bertz CT molecular complexity index is 442. The van der Waals surface area contributed by atoms with Crippen LogP contribution >= 0.6 is 0 Å². The lowest BCUT2D eigenvalue weighted by molar-refractivity contribution is 0.0526. The van der Waals surface area contributed by atoms with Crippen LogP contribution in [-0.4, -0.2) is 68.9 Å². The summed E-state index contributed by atoms with van der Waals surface area (Å²) in [5, 5.41) is 0. The number of ether oxygens (including phenoxy) is 2. The summed E-state index contributed by atoms with van der Waals surface area (Å²) in [6.45, 7) is 7.80. The van der Waals surface area contributed by atoms with Gasteiger partial charge in [-0.1, -0.05) is 0 Å². The standard InChI is InChI=1S/C15H23N3O3/c1-3-21-15(19)13-4-5-14(16-12-13)18-8-6-17(7-9-18)10-11-20-2/h4-5,12H,3,6-11H2,1-2H3. The van der Waals surface area contributed by atoms with Gasteiger partial charge in [0.1, 0.15) is 5.82 Å². The first-order valence-electron chi connectivity index (χ1n) is 7.34. The summed E-state index contributed by atoms with van der Waals surface area (Å²) in [7, 11) is 1.73. The van der Waals surface area contributed by atoms with E-state index in [0.29, 0.717) is 12.2 Å². The van der Waals surface area contributed by atoms with Crippen molar-refractivity contribution in [1.29, 1.82) is 0 Å². The molecule has 2 heterocycles. The molecule has 1 aliphatic rings. The number of hydrogen-bond acceptors (Lipinski definition) is 6. The number of nitrogens with zero attached hydrogens (tertiary/aromatic N) is 3. The van der Waals surface area contributed by atoms with Gasteiger partial charge in [0.15, 0.2) is 0 Å². The quantitative estimate of drug-likeness (QED) is 0.730. The van der Waals surface area contributed by atoms with E-state index in [4.69, 9.17) is 9.47 Å². The van der Waals surface area contributed by atoms with Crippen LogP contribution in [0.15, 0.2) is 18.3 Å². The number of piperazine rings is 1. The minimum atomic E-state index is -0.319. The second kappa shape index (κ2) is 7.95. The normalized spacial score (nSPS) is 16.0. The molecule has 0 bridgehead atoms. The molecule has 1 fully saturated rings. The van der Waals surface area contributed by atoms with E-state index in [-0.39, 0.29) is 5.97 Å². The van der Waals surface area contributed by atoms with Gasteiger partial charge in [0.05, 0.1) is 18.8 Å². The smallest absolute Gasteiger partial charge is 0.339 e. The van der Waals surface area contributed by atoms with Crippen LogP contribution in [-0.2, 0) is 9.47 Å². The molecule has 0 unspecified atom stereocenters. The van der Waals surface area contributed by atoms with Crippen molar-refractivity contribution >= 4 is 11.8 Å². The molecule has 1 aliphatic heterocycles. The fraction of sp³-hybridized carbons (Fsp3) is 0.600. The average molecular weight is 293 g/mol. The zero-order chi connectivity index (χ0) is 15.1. The van der Waals surface area contributed by atoms with Gasteiger partial charge in [-0.3, -0.25) is 4.90 Å². The first kappa shape index (κ1) is 15.7. The molecule has 6 nitrogen and oxygen atoms in total. The minimum Gasteiger partial charge on any atom is -0.462 e. The Labute approximate surface area is 125 Å². The fourth-order valence-electron chi connectivity index (χ4n) is 2.33. The molecule has 0 spiro atoms. The number of aromatic nitrogens is 1. The van der Waals surface area contributed by atoms with Gasteiger partial charge in [-0.25, -0.2) is 9.78 Å². The van der Waals surface area contributed by atoms with Crippen LogP contribution in [0.25, 0.3) is 0 Å². The third-order valence-corrected chi connectivity index (χ3v) is 3.57. The van der Waals surface area contributed by atoms with Gasteiger partial charge in [0.2, 0.25) is 0 Å². The molecule has 6 heteroatoms. The van der Waals surface area contributed by atoms with Crippen molar-refractivity contribution in [3.8, 4) is 0 Å². The number of esters is 1. The molecule has 0 N–H and O–H groups in total. The molecular formula is C15H23N3O3. The van der Waals surface area contributed by atoms with Gasteiger partial charge < -0.3 is 14.4 Å². The van der Waals surface area contributed by atoms with E-state index < -0.39 is 0 Å². The van der Waals surface area contributed by atoms with Crippen molar-refractivity contribution in [1.82, 2.24) is 9.88 Å². The molecule has 116 valence electrons. The summed E-state index contributed by atoms with van der Waals surface area (Å²) in [4.78, 5) is 20.6. The molecule has 1 aromatic rings. The third-order valence-electron chi connectivity index (χ3n) is 3.57. The largest absolute Gasteiger partial charge is 0.462 e. The monoisotopic (exact) mass is 293 g/mol. The lowest BCUT2D eigenvalue weighted by Gasteiger charge is -2.35. The van der Waals surface area contributed by atoms with E-state index in [9.17, 15) is 4.79 Å². The average Bonchev–Trinajstić information content (AvgIpc) is 2.54. The Kier molecular flexibility index (Phi) is 5.95. The van der Waals surface area contributed by atoms with Crippen molar-refractivity contribution in [2.45, 2.75) is 6.92 Å². The number of carbonyl (C=O) groups excluding carboxylic acids is 1. The maximum atomic E-state index is 11.6. The Balaban J connectivity index is 1.87. The highest BCUT2D eigenvalue weighted by Gasteiger charge is 2.18. The van der Waals surface area contributed by atoms with Crippen LogP contribution in [0, 0.1) is 0 Å². The summed E-state index contributed by atoms with van der Waals surface area (Å²) in [5.74, 6) is 0.593. The maximum absolute atomic E-state index is 11.6. The van der Waals surface area contributed by atoms with Crippen LogP contribution in [0.2, 0.25) is 0 Å². The Morgan fingerprint density at radius 1 is 1.29 bits per heavy atom. The highest BCUT2D eigenvalue weighted by atomic mass is 16.5. The minimum absolute atomic E-state index is 0.319. The number of pyridine rings is 1. The fourth-order valence-corrected chi connectivity index (χ4v) is 2.33. The van der Waals surface area contributed by atoms with Gasteiger partial charge in [-0.05, 0) is 19.1 Å². The van der Waals surface area contributed by atoms with E-state index in [2.05, 4.69) is 14.8 Å². The van der Waals surface area contributed by atoms with Crippen LogP contribution < -0.4 is 4.90 Å². The molecular weight excluding hydrogens is 270 g/mol. The summed E-state index contributed by atoms with van der Waals surface area (Å²) < 4.78 is 10.1. The summed E-state index contributed by atoms with van der Waals surface area (Å²) in [6.07, 6.45) is 1.59. The molecule has 1 saturated heterocycles. The number of hydrogen-bond donors (Lipinski definition) is 0. The first-order valence-corrected chi connectivity index (χ1v) is 7.34. The van der Waals surface area contributed by atoms with Crippen LogP contribution in [0.5, 0.6) is 0 Å². The predicted octanol–water partition coefficient (Wildman–Crippen LogP) is 1.03. The first-order chi connectivity index (χ1) is 10.2. The second-order valence-electron chi connectivity index (χ2n) is 4.95. The molecule has 0 aliphatic carbocycles. The van der Waals surface area contributed by atoms with Crippen LogP contribution in [0.1, 0.15) is 17.3 Å². The summed E-state index contributed by atoms with van der Waals surface area (Å²) >= 11 is 0. The van der Waals surface area contributed by atoms with Crippen molar-refractivity contribution in [3.05, 3.63) is 23.9 Å². The van der Waals surface area contributed by atoms with E-state index in [1.54, 1.807) is 26.3 Å². The van der Waals surface area contributed by atoms with Crippen molar-refractivity contribution in [2.24, 2.45) is 0 Å². The van der Waals surface area contributed by atoms with Gasteiger partial charge in [-0.2, -0.15) is 0 Å². The van der Waals surface area contributed by atoms with E-state index in [0.717, 1.165) is 45.1 Å². The summed E-state index contributed by atoms with van der Waals surface area (Å²) in [6, 6.07) is 3.66. The van der Waals surface area contributed by atoms with E-state index >= 15 is 0 Å². The van der Waals surface area contributed by atoms with Gasteiger partial charge >= 0.3 is 5.97 Å². The van der Waals surface area contributed by atoms with Gasteiger partial charge in [0, 0.05) is 46.0 Å². The Morgan fingerprint density at radius 2 is 2.05 bits per heavy atom. The van der Waals surface area contributed by atoms with Crippen molar-refractivity contribution in [3.63, 3.8) is 0 Å². The zero-order valence-corrected chi connectivity index (χ0v) is 12.7. The van der Waals surface area contributed by atoms with E-state index in [1.807, 2.05) is 6.07 Å². The predicted molar refractivity (Wildman–Crippen MR) is 80.7 cm³/mol. The van der Waals surface area contributed by atoms with Gasteiger partial charge in [-0.15, -0.1) is 0 Å². The lowest BCUT2D eigenvalue weighted by Crippen LogP contribution is -2.47. The van der Waals surface area contributed by atoms with Crippen LogP contribution in [0.4, 0.5) is 5.82 Å².